The molecule has 0 aromatic heterocycles. The molecule has 0 atom stereocenters. The Kier molecular flexibility index (Phi) is 1.53. The average Bonchev–Trinajstić information content (AvgIpc) is 2.43. The Morgan fingerprint density at radius 2 is 2.00 bits per heavy atom. The van der Waals surface area contributed by atoms with E-state index in [-0.39, 0.29) is 16.9 Å². The molecule has 0 unspecified atom stereocenters. The van der Waals surface area contributed by atoms with E-state index in [0.717, 1.165) is 0 Å². The second-order valence-corrected chi connectivity index (χ2v) is 2.45. The van der Waals surface area contributed by atoms with E-state index in [0.29, 0.717) is 0 Å². The number of benzene rings is 1. The van der Waals surface area contributed by atoms with Crippen molar-refractivity contribution in [3.05, 3.63) is 29.3 Å². The van der Waals surface area contributed by atoms with E-state index in [4.69, 9.17) is 5.26 Å². The molecule has 0 bridgehead atoms. The monoisotopic (exact) mass is 180 g/mol. The maximum absolute atomic E-state index is 11.0. The van der Waals surface area contributed by atoms with Crippen LogP contribution in [0, 0.1) is 0 Å². The standard InChI is InChI=1S/C8H4O5/c9-7-4-2-1-3-5(13-11)6(4)8(10)12-7/h1-3,11H. The molecule has 0 saturated heterocycles. The molecule has 2 rings (SSSR count). The highest BCUT2D eigenvalue weighted by molar-refractivity contribution is 6.16. The van der Waals surface area contributed by atoms with Gasteiger partial charge in [0, 0.05) is 0 Å². The molecule has 1 aromatic rings. The Bertz CT molecular complexity index is 396. The number of carbonyl (C=O) groups is 2. The number of fused-ring (bicyclic) bond motifs is 1. The van der Waals surface area contributed by atoms with Gasteiger partial charge < -0.3 is 9.62 Å². The molecule has 1 N–H and O–H groups in total. The molecule has 0 amide bonds. The van der Waals surface area contributed by atoms with Gasteiger partial charge in [-0.25, -0.2) is 14.8 Å². The fraction of sp³-hybridized carbons (Fsp3) is 0. The molecule has 0 spiro atoms. The maximum Gasteiger partial charge on any atom is 0.350 e. The smallest absolute Gasteiger partial charge is 0.350 e. The minimum absolute atomic E-state index is 0.0324. The van der Waals surface area contributed by atoms with Crippen LogP contribution in [0.5, 0.6) is 5.75 Å². The third-order valence-corrected chi connectivity index (χ3v) is 1.73. The lowest BCUT2D eigenvalue weighted by Gasteiger charge is -1.98. The molecule has 0 saturated carbocycles. The summed E-state index contributed by atoms with van der Waals surface area (Å²) in [6.07, 6.45) is 0. The number of hydrogen-bond acceptors (Lipinski definition) is 5. The van der Waals surface area contributed by atoms with Crippen LogP contribution >= 0.6 is 0 Å². The summed E-state index contributed by atoms with van der Waals surface area (Å²) in [4.78, 5) is 25.9. The highest BCUT2D eigenvalue weighted by Gasteiger charge is 2.33. The van der Waals surface area contributed by atoms with Crippen molar-refractivity contribution in [1.29, 1.82) is 0 Å². The first-order valence-corrected chi connectivity index (χ1v) is 3.45. The summed E-state index contributed by atoms with van der Waals surface area (Å²) in [5, 5.41) is 8.39. The van der Waals surface area contributed by atoms with Crippen molar-refractivity contribution in [3.8, 4) is 5.75 Å². The SMILES string of the molecule is O=C1OC(=O)c2c(OO)cccc21. The van der Waals surface area contributed by atoms with Gasteiger partial charge in [0.1, 0.15) is 5.56 Å². The second-order valence-electron chi connectivity index (χ2n) is 2.45. The maximum atomic E-state index is 11.0. The van der Waals surface area contributed by atoms with Crippen LogP contribution in [0.3, 0.4) is 0 Å². The minimum Gasteiger partial charge on any atom is -0.386 e. The molecule has 1 heterocycles. The first kappa shape index (κ1) is 7.75. The van der Waals surface area contributed by atoms with E-state index >= 15 is 0 Å². The fourth-order valence-electron chi connectivity index (χ4n) is 1.18. The predicted octanol–water partition coefficient (Wildman–Crippen LogP) is 0.849. The highest BCUT2D eigenvalue weighted by Crippen LogP contribution is 2.28. The molecule has 0 aliphatic carbocycles. The summed E-state index contributed by atoms with van der Waals surface area (Å²) in [6.45, 7) is 0. The molecule has 5 heteroatoms. The van der Waals surface area contributed by atoms with Gasteiger partial charge in [0.2, 0.25) is 0 Å². The van der Waals surface area contributed by atoms with Crippen LogP contribution in [-0.4, -0.2) is 17.2 Å². The van der Waals surface area contributed by atoms with E-state index in [2.05, 4.69) is 9.62 Å². The Morgan fingerprint density at radius 3 is 2.69 bits per heavy atom. The second kappa shape index (κ2) is 2.56. The van der Waals surface area contributed by atoms with Crippen LogP contribution in [0.1, 0.15) is 20.7 Å². The van der Waals surface area contributed by atoms with Gasteiger partial charge in [0.15, 0.2) is 5.75 Å². The van der Waals surface area contributed by atoms with Gasteiger partial charge in [-0.05, 0) is 12.1 Å². The molecule has 13 heavy (non-hydrogen) atoms. The van der Waals surface area contributed by atoms with Gasteiger partial charge in [-0.3, -0.25) is 0 Å². The van der Waals surface area contributed by atoms with Crippen molar-refractivity contribution >= 4 is 11.9 Å². The van der Waals surface area contributed by atoms with Gasteiger partial charge >= 0.3 is 11.9 Å². The zero-order valence-electron chi connectivity index (χ0n) is 6.31. The van der Waals surface area contributed by atoms with Crippen molar-refractivity contribution in [2.45, 2.75) is 0 Å². The van der Waals surface area contributed by atoms with Crippen LogP contribution in [-0.2, 0) is 4.74 Å². The van der Waals surface area contributed by atoms with Gasteiger partial charge in [0.25, 0.3) is 0 Å². The van der Waals surface area contributed by atoms with E-state index in [1.165, 1.54) is 18.2 Å². The molecular formula is C8H4O5. The number of esters is 2. The molecule has 1 aliphatic heterocycles. The summed E-state index contributed by atoms with van der Waals surface area (Å²) in [5.74, 6) is -1.60. The van der Waals surface area contributed by atoms with Crippen LogP contribution in [0.2, 0.25) is 0 Å². The lowest BCUT2D eigenvalue weighted by atomic mass is 10.1. The lowest BCUT2D eigenvalue weighted by Crippen LogP contribution is -1.98. The molecule has 0 fully saturated rings. The number of ether oxygens (including phenoxy) is 1. The predicted molar refractivity (Wildman–Crippen MR) is 39.4 cm³/mol. The topological polar surface area (TPSA) is 72.8 Å². The average molecular weight is 180 g/mol. The van der Waals surface area contributed by atoms with E-state index in [1.54, 1.807) is 0 Å². The summed E-state index contributed by atoms with van der Waals surface area (Å²) in [6, 6.07) is 4.26. The van der Waals surface area contributed by atoms with Gasteiger partial charge in [0.05, 0.1) is 5.56 Å². The van der Waals surface area contributed by atoms with E-state index in [9.17, 15) is 9.59 Å². The molecule has 5 nitrogen and oxygen atoms in total. The molecule has 1 aliphatic rings. The summed E-state index contributed by atoms with van der Waals surface area (Å²) >= 11 is 0. The van der Waals surface area contributed by atoms with Crippen LogP contribution in [0.4, 0.5) is 0 Å². The summed E-state index contributed by atoms with van der Waals surface area (Å²) in [7, 11) is 0. The Balaban J connectivity index is 2.69. The molecular weight excluding hydrogens is 176 g/mol. The van der Waals surface area contributed by atoms with Crippen molar-refractivity contribution in [2.24, 2.45) is 0 Å². The van der Waals surface area contributed by atoms with Gasteiger partial charge in [-0.15, -0.1) is 0 Å². The third-order valence-electron chi connectivity index (χ3n) is 1.73. The normalized spacial score (nSPS) is 13.9. The van der Waals surface area contributed by atoms with Crippen LogP contribution in [0.25, 0.3) is 0 Å². The number of carbonyl (C=O) groups excluding carboxylic acids is 2. The van der Waals surface area contributed by atoms with Crippen LogP contribution < -0.4 is 4.89 Å². The Hall–Kier alpha value is -1.88. The van der Waals surface area contributed by atoms with Gasteiger partial charge in [-0.1, -0.05) is 6.07 Å². The van der Waals surface area contributed by atoms with Crippen LogP contribution in [0.15, 0.2) is 18.2 Å². The zero-order chi connectivity index (χ0) is 9.42. The lowest BCUT2D eigenvalue weighted by molar-refractivity contribution is -0.138. The van der Waals surface area contributed by atoms with Crippen molar-refractivity contribution in [3.63, 3.8) is 0 Å². The number of hydrogen-bond donors (Lipinski definition) is 1. The largest absolute Gasteiger partial charge is 0.386 e. The zero-order valence-corrected chi connectivity index (χ0v) is 6.31. The summed E-state index contributed by atoms with van der Waals surface area (Å²) in [5.41, 5.74) is 0.0755. The quantitative estimate of drug-likeness (QED) is 0.300. The molecule has 1 aromatic carbocycles. The van der Waals surface area contributed by atoms with Gasteiger partial charge in [-0.2, -0.15) is 0 Å². The molecule has 0 radical (unpaired) electrons. The minimum atomic E-state index is -0.801. The fourth-order valence-corrected chi connectivity index (χ4v) is 1.18. The van der Waals surface area contributed by atoms with E-state index in [1.807, 2.05) is 0 Å². The van der Waals surface area contributed by atoms with Crippen molar-refractivity contribution in [1.82, 2.24) is 0 Å². The first-order chi connectivity index (χ1) is 6.24. The summed E-state index contributed by atoms with van der Waals surface area (Å²) < 4.78 is 4.31. The van der Waals surface area contributed by atoms with Crippen molar-refractivity contribution in [2.75, 3.05) is 0 Å². The Labute approximate surface area is 72.4 Å². The highest BCUT2D eigenvalue weighted by atomic mass is 17.1. The Morgan fingerprint density at radius 1 is 1.23 bits per heavy atom. The van der Waals surface area contributed by atoms with Crippen molar-refractivity contribution < 1.29 is 24.5 Å². The molecule has 66 valence electrons. The number of rotatable bonds is 1. The third kappa shape index (κ3) is 0.978. The van der Waals surface area contributed by atoms with E-state index < -0.39 is 11.9 Å². The number of cyclic esters (lactones) is 2. The first-order valence-electron chi connectivity index (χ1n) is 3.45.